The van der Waals surface area contributed by atoms with Crippen molar-refractivity contribution in [2.75, 3.05) is 13.7 Å². The third-order valence-corrected chi connectivity index (χ3v) is 4.29. The number of ether oxygens (including phenoxy) is 1. The molecule has 1 N–H and O–H groups in total. The highest BCUT2D eigenvalue weighted by Gasteiger charge is 2.20. The molecule has 1 amide bonds. The Bertz CT molecular complexity index is 539. The topological polar surface area (TPSA) is 38.3 Å². The number of hydrogen-bond donors (Lipinski definition) is 1. The molecule has 4 heteroatoms. The zero-order valence-corrected chi connectivity index (χ0v) is 13.2. The van der Waals surface area contributed by atoms with E-state index in [4.69, 9.17) is 4.74 Å². The molecule has 0 saturated heterocycles. The van der Waals surface area contributed by atoms with Gasteiger partial charge in [-0.25, -0.2) is 0 Å². The Balaban J connectivity index is 1.97. The van der Waals surface area contributed by atoms with E-state index in [1.807, 2.05) is 48.7 Å². The van der Waals surface area contributed by atoms with Crippen LogP contribution in [-0.4, -0.2) is 19.6 Å². The molecule has 0 unspecified atom stereocenters. The van der Waals surface area contributed by atoms with Gasteiger partial charge in [0.15, 0.2) is 0 Å². The fraction of sp³-hybridized carbons (Fsp3) is 0.353. The fourth-order valence-corrected chi connectivity index (χ4v) is 3.07. The standard InChI is InChI=1S/C17H21NO2S/c1-3-15(13-7-5-4-6-8-13)17(19)18-11-16(20-2)14-9-10-21-12-14/h4-10,12,15-16H,3,11H2,1-2H3,(H,18,19)/t15-,16-/m1/s1. The van der Waals surface area contributed by atoms with E-state index in [1.54, 1.807) is 18.4 Å². The van der Waals surface area contributed by atoms with Gasteiger partial charge in [-0.3, -0.25) is 4.79 Å². The van der Waals surface area contributed by atoms with Crippen LogP contribution < -0.4 is 5.32 Å². The van der Waals surface area contributed by atoms with Crippen LogP contribution in [0.5, 0.6) is 0 Å². The van der Waals surface area contributed by atoms with Gasteiger partial charge in [0, 0.05) is 13.7 Å². The molecule has 112 valence electrons. The zero-order chi connectivity index (χ0) is 15.1. The molecule has 2 atom stereocenters. The SMILES string of the molecule is CC[C@@H](C(=O)NC[C@@H](OC)c1ccsc1)c1ccccc1. The summed E-state index contributed by atoms with van der Waals surface area (Å²) in [5.74, 6) is -0.0489. The first kappa shape index (κ1) is 15.7. The highest BCUT2D eigenvalue weighted by atomic mass is 32.1. The summed E-state index contributed by atoms with van der Waals surface area (Å²) in [7, 11) is 1.67. The van der Waals surface area contributed by atoms with Gasteiger partial charge in [0.05, 0.1) is 5.92 Å². The minimum atomic E-state index is -0.105. The third kappa shape index (κ3) is 4.16. The normalized spacial score (nSPS) is 13.6. The number of hydrogen-bond acceptors (Lipinski definition) is 3. The Morgan fingerprint density at radius 1 is 1.24 bits per heavy atom. The van der Waals surface area contributed by atoms with E-state index >= 15 is 0 Å². The number of carbonyl (C=O) groups excluding carboxylic acids is 1. The molecule has 0 aliphatic rings. The summed E-state index contributed by atoms with van der Waals surface area (Å²) in [5, 5.41) is 7.08. The van der Waals surface area contributed by atoms with Gasteiger partial charge in [-0.2, -0.15) is 11.3 Å². The molecule has 0 fully saturated rings. The first-order valence-corrected chi connectivity index (χ1v) is 8.08. The van der Waals surface area contributed by atoms with Crippen molar-refractivity contribution in [2.24, 2.45) is 0 Å². The maximum Gasteiger partial charge on any atom is 0.227 e. The first-order chi connectivity index (χ1) is 10.3. The zero-order valence-electron chi connectivity index (χ0n) is 12.4. The summed E-state index contributed by atoms with van der Waals surface area (Å²) in [6.45, 7) is 2.53. The number of benzene rings is 1. The Morgan fingerprint density at radius 2 is 2.00 bits per heavy atom. The minimum absolute atomic E-state index is 0.0565. The van der Waals surface area contributed by atoms with Crippen molar-refractivity contribution in [1.29, 1.82) is 0 Å². The Hall–Kier alpha value is -1.65. The number of thiophene rings is 1. The number of methoxy groups -OCH3 is 1. The molecule has 1 aromatic carbocycles. The van der Waals surface area contributed by atoms with E-state index in [1.165, 1.54) is 0 Å². The molecule has 2 rings (SSSR count). The van der Waals surface area contributed by atoms with Gasteiger partial charge >= 0.3 is 0 Å². The summed E-state index contributed by atoms with van der Waals surface area (Å²) in [6.07, 6.45) is 0.694. The maximum atomic E-state index is 12.4. The number of nitrogens with one attached hydrogen (secondary N) is 1. The molecule has 2 aromatic rings. The van der Waals surface area contributed by atoms with Gasteiger partial charge < -0.3 is 10.1 Å². The Labute approximate surface area is 130 Å². The van der Waals surface area contributed by atoms with Gasteiger partial charge in [0.25, 0.3) is 0 Å². The van der Waals surface area contributed by atoms with Crippen molar-refractivity contribution >= 4 is 17.2 Å². The first-order valence-electron chi connectivity index (χ1n) is 7.13. The van der Waals surface area contributed by atoms with Crippen LogP contribution in [0, 0.1) is 0 Å². The summed E-state index contributed by atoms with van der Waals surface area (Å²) in [5.41, 5.74) is 2.16. The van der Waals surface area contributed by atoms with Gasteiger partial charge in [0.1, 0.15) is 6.10 Å². The molecule has 1 heterocycles. The largest absolute Gasteiger partial charge is 0.375 e. The van der Waals surface area contributed by atoms with Crippen molar-refractivity contribution in [3.63, 3.8) is 0 Å². The molecule has 21 heavy (non-hydrogen) atoms. The summed E-state index contributed by atoms with van der Waals surface area (Å²) >= 11 is 1.63. The predicted molar refractivity (Wildman–Crippen MR) is 86.6 cm³/mol. The van der Waals surface area contributed by atoms with E-state index in [0.29, 0.717) is 6.54 Å². The average molecular weight is 303 g/mol. The van der Waals surface area contributed by atoms with Crippen LogP contribution in [0.4, 0.5) is 0 Å². The Kier molecular flexibility index (Phi) is 5.96. The van der Waals surface area contributed by atoms with E-state index in [2.05, 4.69) is 10.7 Å². The van der Waals surface area contributed by atoms with Gasteiger partial charge in [-0.05, 0) is 34.4 Å². The molecule has 0 aliphatic carbocycles. The van der Waals surface area contributed by atoms with E-state index in [-0.39, 0.29) is 17.9 Å². The third-order valence-electron chi connectivity index (χ3n) is 3.59. The lowest BCUT2D eigenvalue weighted by Gasteiger charge is -2.19. The van der Waals surface area contributed by atoms with Gasteiger partial charge in [0.2, 0.25) is 5.91 Å². The minimum Gasteiger partial charge on any atom is -0.375 e. The molecule has 0 radical (unpaired) electrons. The highest BCUT2D eigenvalue weighted by molar-refractivity contribution is 7.07. The van der Waals surface area contributed by atoms with Crippen molar-refractivity contribution in [3.05, 3.63) is 58.3 Å². The van der Waals surface area contributed by atoms with Crippen LogP contribution in [0.2, 0.25) is 0 Å². The lowest BCUT2D eigenvalue weighted by molar-refractivity contribution is -0.123. The van der Waals surface area contributed by atoms with Crippen molar-refractivity contribution < 1.29 is 9.53 Å². The molecular formula is C17H21NO2S. The molecule has 1 aromatic heterocycles. The second-order valence-electron chi connectivity index (χ2n) is 4.90. The Morgan fingerprint density at radius 3 is 2.57 bits per heavy atom. The van der Waals surface area contributed by atoms with Crippen LogP contribution in [0.3, 0.4) is 0 Å². The summed E-state index contributed by atoms with van der Waals surface area (Å²) in [4.78, 5) is 12.4. The van der Waals surface area contributed by atoms with Gasteiger partial charge in [-0.15, -0.1) is 0 Å². The summed E-state index contributed by atoms with van der Waals surface area (Å²) < 4.78 is 5.46. The van der Waals surface area contributed by atoms with E-state index in [0.717, 1.165) is 17.5 Å². The van der Waals surface area contributed by atoms with Crippen LogP contribution >= 0.6 is 11.3 Å². The molecular weight excluding hydrogens is 282 g/mol. The summed E-state index contributed by atoms with van der Waals surface area (Å²) in [6, 6.07) is 11.9. The van der Waals surface area contributed by atoms with Crippen molar-refractivity contribution in [1.82, 2.24) is 5.32 Å². The second-order valence-corrected chi connectivity index (χ2v) is 5.68. The highest BCUT2D eigenvalue weighted by Crippen LogP contribution is 2.21. The number of carbonyl (C=O) groups is 1. The molecule has 0 spiro atoms. The monoisotopic (exact) mass is 303 g/mol. The molecule has 0 aliphatic heterocycles. The van der Waals surface area contributed by atoms with Crippen LogP contribution in [0.25, 0.3) is 0 Å². The number of rotatable bonds is 7. The van der Waals surface area contributed by atoms with Crippen LogP contribution in [0.1, 0.15) is 36.5 Å². The fourth-order valence-electron chi connectivity index (χ4n) is 2.37. The van der Waals surface area contributed by atoms with Crippen LogP contribution in [-0.2, 0) is 9.53 Å². The van der Waals surface area contributed by atoms with Gasteiger partial charge in [-0.1, -0.05) is 37.3 Å². The number of amides is 1. The predicted octanol–water partition coefficient (Wildman–Crippen LogP) is 3.75. The molecule has 0 saturated carbocycles. The molecule has 0 bridgehead atoms. The average Bonchev–Trinajstić information content (AvgIpc) is 3.04. The maximum absolute atomic E-state index is 12.4. The van der Waals surface area contributed by atoms with E-state index in [9.17, 15) is 4.79 Å². The second kappa shape index (κ2) is 7.96. The lowest BCUT2D eigenvalue weighted by Crippen LogP contribution is -2.33. The van der Waals surface area contributed by atoms with E-state index < -0.39 is 0 Å². The van der Waals surface area contributed by atoms with Crippen molar-refractivity contribution in [2.45, 2.75) is 25.4 Å². The lowest BCUT2D eigenvalue weighted by atomic mass is 9.95. The molecule has 3 nitrogen and oxygen atoms in total. The quantitative estimate of drug-likeness (QED) is 0.846. The smallest absolute Gasteiger partial charge is 0.227 e. The van der Waals surface area contributed by atoms with Crippen LogP contribution in [0.15, 0.2) is 47.2 Å². The van der Waals surface area contributed by atoms with Crippen molar-refractivity contribution in [3.8, 4) is 0 Å².